The number of nitrogens with two attached hydrogens (primary N) is 3. The number of benzene rings is 2. The zero-order chi connectivity index (χ0) is 97.4. The van der Waals surface area contributed by atoms with Crippen LogP contribution >= 0.6 is 0 Å². The van der Waals surface area contributed by atoms with Gasteiger partial charge in [0, 0.05) is 153 Å². The molecule has 39 nitrogen and oxygen atoms in total. The van der Waals surface area contributed by atoms with E-state index in [1.54, 1.807) is 59.3 Å². The molecule has 39 heteroatoms. The van der Waals surface area contributed by atoms with E-state index in [9.17, 15) is 48.9 Å². The Hall–Kier alpha value is -11.2. The number of cyclic esters (lactones) is 1. The second-order valence-electron chi connectivity index (χ2n) is 36.7. The Kier molecular flexibility index (Phi) is 37.2. The number of piperidine rings is 1. The number of methoxy groups -OCH3 is 3. The smallest absolute Gasteiger partial charge is 0.407 e. The average molecular weight is 1900 g/mol. The number of nitrogen functional groups attached to an aromatic ring is 2. The number of ether oxygens (including phenoxy) is 10. The molecule has 0 unspecified atom stereocenters. The third kappa shape index (κ3) is 27.2. The normalized spacial score (nSPS) is 26.4. The minimum Gasteiger partial charge on any atom is -0.459 e. The molecule has 4 amide bonds. The number of rotatable bonds is 30. The standard InChI is InChI=1S/C98H134N18O21/c1-59-15-11-10-12-16-60(2)79(127-7)49-72-23-18-64(6)98(126,137-72)88(121)92(123)115-29-14-13-17-75(115)93(124)134-80(50-76(117)61(3)44-63(5)86(120)87(129-9)85(119)62(4)43-59)73(99)46-65-20-24-78(81(47-65)128-8)136-97(125)107-53-67-51-103-95(104-52-67)112-31-33-113(34-32-112)96-105-54-71(55-106-96)91(122)102-28-36-131-38-40-133-42-41-132-39-37-130-35-27-82(118)114-30-26-68-45-66(19-21-70(68)57-114)56-116-90-83(89(100)108-58-109-90)84(111-116)69-22-25-77-74(48-69)110-94(101)135-77/h10-12,15-16,19,21-22,25,44-45,48,51-52,54-55,58-59,61-62,64-65,72-73,75-76,78-81,86-87,117,120,126H,13-14,17-18,20,23-24,26-43,46-47,49-50,53,56-57,99H2,1-9H3,(H2,101,110)(H,102,122)(H,107,125)(H2,100,108,109)/b12-10?,15-11+,60-16?,63-44+/t59-,61-,62-,64-,65+,72+,73-,75+,76-,78-,79+,80+,81-,86-,87+,98-/m1/s1. The zero-order valence-electron chi connectivity index (χ0n) is 79.8. The van der Waals surface area contributed by atoms with Crippen LogP contribution in [0, 0.1) is 29.6 Å². The fraction of sp³-hybridized carbons (Fsp3) is 0.582. The molecule has 0 radical (unpaired) electrons. The lowest BCUT2D eigenvalue weighted by Gasteiger charge is -2.42. The molecule has 137 heavy (non-hydrogen) atoms. The number of allylic oxidation sites excluding steroid dienone is 5. The number of oxazole rings is 1. The van der Waals surface area contributed by atoms with Crippen LogP contribution < -0.4 is 37.6 Å². The monoisotopic (exact) mass is 1900 g/mol. The Morgan fingerprint density at radius 3 is 2.11 bits per heavy atom. The Labute approximate surface area is 797 Å². The third-order valence-electron chi connectivity index (χ3n) is 26.8. The van der Waals surface area contributed by atoms with Crippen LogP contribution in [0.4, 0.5) is 28.5 Å². The van der Waals surface area contributed by atoms with Crippen molar-refractivity contribution in [3.63, 3.8) is 0 Å². The van der Waals surface area contributed by atoms with Gasteiger partial charge < -0.3 is 115 Å². The molecular weight excluding hydrogens is 1770 g/mol. The van der Waals surface area contributed by atoms with Gasteiger partial charge in [0.2, 0.25) is 23.6 Å². The second kappa shape index (κ2) is 49.4. The number of nitrogens with zero attached hydrogens (tertiary/aromatic N) is 13. The minimum atomic E-state index is -2.50. The number of amides is 4. The van der Waals surface area contributed by atoms with Gasteiger partial charge in [0.1, 0.15) is 53.8 Å². The number of piperazine rings is 1. The lowest BCUT2D eigenvalue weighted by atomic mass is 9.80. The molecule has 2 bridgehead atoms. The van der Waals surface area contributed by atoms with E-state index in [0.717, 1.165) is 27.2 Å². The number of aromatic nitrogens is 9. The highest BCUT2D eigenvalue weighted by molar-refractivity contribution is 6.39. The molecule has 5 aliphatic heterocycles. The molecule has 3 saturated heterocycles. The first-order valence-corrected chi connectivity index (χ1v) is 47.6. The van der Waals surface area contributed by atoms with Gasteiger partial charge in [0.15, 0.2) is 17.0 Å². The summed E-state index contributed by atoms with van der Waals surface area (Å²) in [7, 11) is 4.46. The van der Waals surface area contributed by atoms with Crippen LogP contribution in [0.25, 0.3) is 33.4 Å². The fourth-order valence-electron chi connectivity index (χ4n) is 18.8. The zero-order valence-corrected chi connectivity index (χ0v) is 79.8. The maximum absolute atomic E-state index is 14.8. The fourth-order valence-corrected chi connectivity index (χ4v) is 18.8. The quantitative estimate of drug-likeness (QED) is 0.00938. The van der Waals surface area contributed by atoms with Gasteiger partial charge in [-0.15, -0.1) is 0 Å². The summed E-state index contributed by atoms with van der Waals surface area (Å²) in [6.45, 7) is 17.5. The minimum absolute atomic E-state index is 0.0166. The van der Waals surface area contributed by atoms with Crippen molar-refractivity contribution in [3.05, 3.63) is 143 Å². The topological polar surface area (TPSA) is 509 Å². The summed E-state index contributed by atoms with van der Waals surface area (Å²) in [6.07, 6.45) is 16.0. The highest BCUT2D eigenvalue weighted by Gasteiger charge is 2.53. The number of carbonyl (C=O) groups is 7. The lowest BCUT2D eigenvalue weighted by molar-refractivity contribution is -0.265. The van der Waals surface area contributed by atoms with Crippen LogP contribution in [0.5, 0.6) is 0 Å². The summed E-state index contributed by atoms with van der Waals surface area (Å²) in [5.74, 6) is -7.04. The highest BCUT2D eigenvalue weighted by Crippen LogP contribution is 2.40. The number of nitrogens with one attached hydrogen (secondary N) is 2. The number of hydrogen-bond acceptors (Lipinski definition) is 34. The van der Waals surface area contributed by atoms with Gasteiger partial charge in [-0.05, 0) is 142 Å². The molecule has 5 aromatic heterocycles. The number of anilines is 4. The first-order valence-electron chi connectivity index (χ1n) is 47.6. The van der Waals surface area contributed by atoms with Gasteiger partial charge in [0.25, 0.3) is 23.6 Å². The summed E-state index contributed by atoms with van der Waals surface area (Å²) in [5.41, 5.74) is 28.0. The molecule has 4 fully saturated rings. The Morgan fingerprint density at radius 1 is 0.693 bits per heavy atom. The number of Topliss-reactive ketones (excluding diaryl/α,β-unsaturated/α-hetero) is 2. The third-order valence-corrected chi connectivity index (χ3v) is 26.8. The molecule has 13 rings (SSSR count). The summed E-state index contributed by atoms with van der Waals surface area (Å²) >= 11 is 0. The maximum atomic E-state index is 14.8. The van der Waals surface area contributed by atoms with E-state index < -0.39 is 108 Å². The van der Waals surface area contributed by atoms with Crippen molar-refractivity contribution in [2.45, 2.75) is 218 Å². The largest absolute Gasteiger partial charge is 0.459 e. The molecule has 742 valence electrons. The highest BCUT2D eigenvalue weighted by atomic mass is 16.6. The van der Waals surface area contributed by atoms with Gasteiger partial charge >= 0.3 is 12.1 Å². The Bertz CT molecular complexity index is 5360. The van der Waals surface area contributed by atoms with Gasteiger partial charge in [-0.25, -0.2) is 44.2 Å². The molecule has 16 atom stereocenters. The molecule has 1 saturated carbocycles. The van der Waals surface area contributed by atoms with Crippen LogP contribution in [-0.2, 0) is 97.4 Å². The maximum Gasteiger partial charge on any atom is 0.407 e. The molecule has 6 aliphatic rings. The Morgan fingerprint density at radius 2 is 1.40 bits per heavy atom. The molecule has 0 spiro atoms. The van der Waals surface area contributed by atoms with Crippen molar-refractivity contribution in [1.82, 2.24) is 65.1 Å². The van der Waals surface area contributed by atoms with Crippen molar-refractivity contribution < 1.29 is 101 Å². The summed E-state index contributed by atoms with van der Waals surface area (Å²) in [6, 6.07) is 9.73. The molecule has 2 aromatic carbocycles. The SMILES string of the molecule is CO[C@H]1C[C@@H]2CC[C@@H](C)[C@@](O)(O2)C(=O)C(=O)N2CCCC[C@H]2C(=O)O[C@H]([C@H](N)C[C@@H]2CC[C@@H](OC(=O)NCc3cnc(N4CCN(c5ncc(C(=O)NCCOCCOCCOCCOCCC(=O)N6CCc7cc(Cn8nc(-c9ccc%10oc(N)nc%10c9)c9c(N)ncnc98)ccc7C6)cn5)CC4)nc3)[C@H](OC)C2)C[C@@H](O)[C@H](C)/C=C(\C)[C@@H](O)[C@@H](OC)C(=O)[C@H](C)C[C@H](C)/C=C/C=CC=C1C. The first-order chi connectivity index (χ1) is 66.1. The van der Waals surface area contributed by atoms with E-state index in [4.69, 9.17) is 74.1 Å². The van der Waals surface area contributed by atoms with Crippen LogP contribution in [0.1, 0.15) is 158 Å². The number of esters is 1. The predicted molar refractivity (Wildman–Crippen MR) is 507 cm³/mol. The van der Waals surface area contributed by atoms with Crippen molar-refractivity contribution in [2.24, 2.45) is 35.3 Å². The number of hydrogen-bond donors (Lipinski definition) is 8. The van der Waals surface area contributed by atoms with E-state index in [-0.39, 0.29) is 100 Å². The van der Waals surface area contributed by atoms with Gasteiger partial charge in [0.05, 0.1) is 101 Å². The second-order valence-corrected chi connectivity index (χ2v) is 36.7. The van der Waals surface area contributed by atoms with Crippen LogP contribution in [0.2, 0.25) is 0 Å². The number of ketones is 2. The van der Waals surface area contributed by atoms with Crippen LogP contribution in [-0.4, -0.2) is 298 Å². The van der Waals surface area contributed by atoms with E-state index in [0.29, 0.717) is 205 Å². The average Bonchev–Trinajstić information content (AvgIpc) is 1.64. The van der Waals surface area contributed by atoms with Gasteiger partial charge in [-0.2, -0.15) is 10.1 Å². The number of carbonyl (C=O) groups excluding carboxylic acids is 7. The van der Waals surface area contributed by atoms with Crippen molar-refractivity contribution in [3.8, 4) is 11.3 Å². The summed E-state index contributed by atoms with van der Waals surface area (Å²) in [4.78, 5) is 136. The van der Waals surface area contributed by atoms with Crippen molar-refractivity contribution in [2.75, 3.05) is 141 Å². The van der Waals surface area contributed by atoms with E-state index >= 15 is 0 Å². The molecule has 11 N–H and O–H groups in total. The van der Waals surface area contributed by atoms with Crippen molar-refractivity contribution in [1.29, 1.82) is 0 Å². The number of aliphatic hydroxyl groups excluding tert-OH is 2. The predicted octanol–water partition coefficient (Wildman–Crippen LogP) is 7.44. The molecule has 7 aromatic rings. The van der Waals surface area contributed by atoms with Crippen LogP contribution in [0.3, 0.4) is 0 Å². The van der Waals surface area contributed by atoms with E-state index in [1.807, 2.05) is 81.8 Å². The van der Waals surface area contributed by atoms with Gasteiger partial charge in [-0.1, -0.05) is 82.4 Å². The molecular formula is C98H134N18O21. The summed E-state index contributed by atoms with van der Waals surface area (Å²) < 4.78 is 66.0. The van der Waals surface area contributed by atoms with Crippen molar-refractivity contribution >= 4 is 87.2 Å². The summed E-state index contributed by atoms with van der Waals surface area (Å²) in [5, 5.41) is 47.2. The number of aliphatic hydroxyl groups is 3. The first kappa shape index (κ1) is 103. The lowest BCUT2D eigenvalue weighted by Crippen LogP contribution is -2.61. The Balaban J connectivity index is 0.493. The molecule has 10 heterocycles. The van der Waals surface area contributed by atoms with Gasteiger partial charge in [-0.3, -0.25) is 24.0 Å². The van der Waals surface area contributed by atoms with E-state index in [1.165, 1.54) is 38.5 Å². The molecule has 1 aliphatic carbocycles. The number of alkyl carbamates (subject to hydrolysis) is 1. The van der Waals surface area contributed by atoms with E-state index in [2.05, 4.69) is 57.7 Å². The number of fused-ring (bicyclic) bond motifs is 6. The van der Waals surface area contributed by atoms with Crippen LogP contribution in [0.15, 0.2) is 120 Å².